The first kappa shape index (κ1) is 26.7. The highest BCUT2D eigenvalue weighted by Gasteiger charge is 2.49. The summed E-state index contributed by atoms with van der Waals surface area (Å²) in [5.74, 6) is -1.40. The Hall–Kier alpha value is -4.38. The third-order valence-electron chi connectivity index (χ3n) is 6.21. The van der Waals surface area contributed by atoms with E-state index in [1.165, 1.54) is 33.3 Å². The Morgan fingerprint density at radius 2 is 1.68 bits per heavy atom. The molecule has 1 atom stereocenters. The third kappa shape index (κ3) is 4.45. The van der Waals surface area contributed by atoms with E-state index in [4.69, 9.17) is 18.9 Å². The van der Waals surface area contributed by atoms with E-state index < -0.39 is 23.7 Å². The van der Waals surface area contributed by atoms with Crippen molar-refractivity contribution in [3.8, 4) is 17.2 Å². The molecule has 2 heterocycles. The lowest BCUT2D eigenvalue weighted by atomic mass is 9.94. The van der Waals surface area contributed by atoms with E-state index in [9.17, 15) is 19.5 Å². The monoisotopic (exact) mass is 538 g/mol. The van der Waals surface area contributed by atoms with Crippen molar-refractivity contribution in [1.82, 2.24) is 4.98 Å². The van der Waals surface area contributed by atoms with Gasteiger partial charge in [-0.3, -0.25) is 14.5 Å². The zero-order valence-corrected chi connectivity index (χ0v) is 22.5. The lowest BCUT2D eigenvalue weighted by Gasteiger charge is -2.25. The first-order valence-corrected chi connectivity index (χ1v) is 12.2. The Bertz CT molecular complexity index is 1480. The van der Waals surface area contributed by atoms with Gasteiger partial charge < -0.3 is 24.1 Å². The number of carbonyl (C=O) groups is 3. The highest BCUT2D eigenvalue weighted by Crippen LogP contribution is 2.47. The maximum atomic E-state index is 13.5. The van der Waals surface area contributed by atoms with E-state index in [-0.39, 0.29) is 21.3 Å². The lowest BCUT2D eigenvalue weighted by molar-refractivity contribution is -0.132. The smallest absolute Gasteiger partial charge is 0.350 e. The number of aryl methyl sites for hydroxylation is 2. The fraction of sp³-hybridized carbons (Fsp3) is 0.259. The zero-order chi connectivity index (χ0) is 27.7. The van der Waals surface area contributed by atoms with Crippen molar-refractivity contribution in [3.05, 3.63) is 69.2 Å². The Morgan fingerprint density at radius 3 is 2.29 bits per heavy atom. The number of carbonyl (C=O) groups excluding carboxylic acids is 3. The van der Waals surface area contributed by atoms with Crippen molar-refractivity contribution in [3.63, 3.8) is 0 Å². The molecule has 1 N–H and O–H groups in total. The summed E-state index contributed by atoms with van der Waals surface area (Å²) >= 11 is 0.913. The van der Waals surface area contributed by atoms with Gasteiger partial charge in [0.2, 0.25) is 0 Å². The first-order valence-electron chi connectivity index (χ1n) is 11.4. The van der Waals surface area contributed by atoms with Gasteiger partial charge in [0.1, 0.15) is 33.9 Å². The quantitative estimate of drug-likeness (QED) is 0.204. The van der Waals surface area contributed by atoms with Crippen molar-refractivity contribution >= 4 is 39.9 Å². The molecule has 0 unspecified atom stereocenters. The minimum absolute atomic E-state index is 0.0952. The predicted octanol–water partition coefficient (Wildman–Crippen LogP) is 4.20. The van der Waals surface area contributed by atoms with Crippen molar-refractivity contribution in [1.29, 1.82) is 0 Å². The highest BCUT2D eigenvalue weighted by atomic mass is 32.1. The van der Waals surface area contributed by atoms with Gasteiger partial charge in [-0.05, 0) is 49.7 Å². The standard InChI is InChI=1S/C27H26N2O8S/c1-13-11-15(7-10-18(13)35-4)22(30)20-21(17-9-8-16(34-3)12-19(17)36-5)29(25(32)23(20)31)27-28-14(2)24(38-27)26(33)37-6/h7-12,21,30H,1-6H3/t21-/m0/s1. The maximum absolute atomic E-state index is 13.5. The Kier molecular flexibility index (Phi) is 7.40. The van der Waals surface area contributed by atoms with Gasteiger partial charge in [0, 0.05) is 17.2 Å². The van der Waals surface area contributed by atoms with Gasteiger partial charge in [-0.25, -0.2) is 9.78 Å². The second-order valence-corrected chi connectivity index (χ2v) is 9.34. The molecule has 11 heteroatoms. The van der Waals surface area contributed by atoms with Crippen LogP contribution in [0.15, 0.2) is 42.0 Å². The molecule has 0 bridgehead atoms. The van der Waals surface area contributed by atoms with Crippen LogP contribution in [0.2, 0.25) is 0 Å². The predicted molar refractivity (Wildman–Crippen MR) is 140 cm³/mol. The van der Waals surface area contributed by atoms with Crippen molar-refractivity contribution in [2.45, 2.75) is 19.9 Å². The number of thiazole rings is 1. The van der Waals surface area contributed by atoms with Gasteiger partial charge in [0.15, 0.2) is 5.13 Å². The van der Waals surface area contributed by atoms with Gasteiger partial charge in [-0.1, -0.05) is 11.3 Å². The van der Waals surface area contributed by atoms with E-state index in [1.807, 2.05) is 0 Å². The van der Waals surface area contributed by atoms with E-state index in [2.05, 4.69) is 4.98 Å². The largest absolute Gasteiger partial charge is 0.507 e. The van der Waals surface area contributed by atoms with Gasteiger partial charge in [-0.2, -0.15) is 0 Å². The number of aliphatic hydroxyl groups is 1. The van der Waals surface area contributed by atoms with Crippen LogP contribution >= 0.6 is 11.3 Å². The lowest BCUT2D eigenvalue weighted by Crippen LogP contribution is -2.29. The van der Waals surface area contributed by atoms with Crippen LogP contribution in [-0.2, 0) is 14.3 Å². The normalized spacial score (nSPS) is 16.5. The number of Topliss-reactive ketones (excluding diaryl/α,β-unsaturated/α-hetero) is 1. The second kappa shape index (κ2) is 10.5. The fourth-order valence-corrected chi connectivity index (χ4v) is 5.33. The number of methoxy groups -OCH3 is 4. The SMILES string of the molecule is COC(=O)c1sc(N2C(=O)C(=O)C(=C(O)c3ccc(OC)c(C)c3)[C@@H]2c2ccc(OC)cc2OC)nc1C. The molecular weight excluding hydrogens is 512 g/mol. The number of rotatable bonds is 7. The Morgan fingerprint density at radius 1 is 0.974 bits per heavy atom. The van der Waals surface area contributed by atoms with Crippen LogP contribution in [0.1, 0.15) is 38.1 Å². The summed E-state index contributed by atoms with van der Waals surface area (Å²) in [6.45, 7) is 3.40. The molecule has 10 nitrogen and oxygen atoms in total. The molecule has 1 aromatic heterocycles. The van der Waals surface area contributed by atoms with E-state index >= 15 is 0 Å². The van der Waals surface area contributed by atoms with Crippen molar-refractivity contribution in [2.24, 2.45) is 0 Å². The summed E-state index contributed by atoms with van der Waals surface area (Å²) in [7, 11) is 5.72. The number of amides is 1. The van der Waals surface area contributed by atoms with Gasteiger partial charge in [0.05, 0.1) is 39.7 Å². The Labute approximate surface area is 223 Å². The number of benzene rings is 2. The van der Waals surface area contributed by atoms with Crippen LogP contribution in [-0.4, -0.2) is 56.2 Å². The topological polar surface area (TPSA) is 124 Å². The molecule has 4 rings (SSSR count). The van der Waals surface area contributed by atoms with E-state index in [0.717, 1.165) is 16.9 Å². The van der Waals surface area contributed by atoms with Crippen molar-refractivity contribution < 1.29 is 38.4 Å². The number of ether oxygens (including phenoxy) is 4. The molecule has 1 aliphatic heterocycles. The van der Waals surface area contributed by atoms with Gasteiger partial charge in [-0.15, -0.1) is 0 Å². The molecule has 0 spiro atoms. The fourth-order valence-electron chi connectivity index (χ4n) is 4.32. The van der Waals surface area contributed by atoms with E-state index in [1.54, 1.807) is 50.2 Å². The molecular formula is C27H26N2O8S. The summed E-state index contributed by atoms with van der Waals surface area (Å²) in [6.07, 6.45) is 0. The highest BCUT2D eigenvalue weighted by molar-refractivity contribution is 7.17. The molecule has 3 aromatic rings. The number of hydrogen-bond donors (Lipinski definition) is 1. The number of nitrogens with zero attached hydrogens (tertiary/aromatic N) is 2. The van der Waals surface area contributed by atoms with Gasteiger partial charge in [0.25, 0.3) is 5.78 Å². The van der Waals surface area contributed by atoms with Crippen molar-refractivity contribution in [2.75, 3.05) is 33.3 Å². The molecule has 1 fully saturated rings. The summed E-state index contributed by atoms with van der Waals surface area (Å²) in [5.41, 5.74) is 1.64. The molecule has 0 saturated carbocycles. The number of aliphatic hydroxyl groups excluding tert-OH is 1. The number of hydrogen-bond acceptors (Lipinski definition) is 10. The van der Waals surface area contributed by atoms with Crippen LogP contribution in [0, 0.1) is 13.8 Å². The molecule has 0 aliphatic carbocycles. The average Bonchev–Trinajstić information content (AvgIpc) is 3.43. The molecule has 0 radical (unpaired) electrons. The number of anilines is 1. The maximum Gasteiger partial charge on any atom is 0.350 e. The first-order chi connectivity index (χ1) is 18.2. The summed E-state index contributed by atoms with van der Waals surface area (Å²) in [4.78, 5) is 45.0. The molecule has 1 amide bonds. The van der Waals surface area contributed by atoms with Crippen LogP contribution < -0.4 is 19.1 Å². The van der Waals surface area contributed by atoms with Gasteiger partial charge >= 0.3 is 11.9 Å². The number of aromatic nitrogens is 1. The molecule has 198 valence electrons. The summed E-state index contributed by atoms with van der Waals surface area (Å²) in [5, 5.41) is 11.5. The molecule has 38 heavy (non-hydrogen) atoms. The number of esters is 1. The molecule has 2 aromatic carbocycles. The van der Waals surface area contributed by atoms with E-state index in [0.29, 0.717) is 34.1 Å². The van der Waals surface area contributed by atoms with Crippen LogP contribution in [0.3, 0.4) is 0 Å². The summed E-state index contributed by atoms with van der Waals surface area (Å²) < 4.78 is 21.0. The summed E-state index contributed by atoms with van der Waals surface area (Å²) in [6, 6.07) is 8.72. The molecule has 1 saturated heterocycles. The Balaban J connectivity index is 1.99. The minimum atomic E-state index is -1.12. The van der Waals surface area contributed by atoms with Crippen LogP contribution in [0.4, 0.5) is 5.13 Å². The van der Waals surface area contributed by atoms with Crippen LogP contribution in [0.25, 0.3) is 5.76 Å². The zero-order valence-electron chi connectivity index (χ0n) is 21.6. The number of ketones is 1. The molecule has 1 aliphatic rings. The third-order valence-corrected chi connectivity index (χ3v) is 7.35. The second-order valence-electron chi connectivity index (χ2n) is 8.36. The van der Waals surface area contributed by atoms with Crippen LogP contribution in [0.5, 0.6) is 17.2 Å². The minimum Gasteiger partial charge on any atom is -0.507 e. The average molecular weight is 539 g/mol.